The molecule has 3 aromatic rings. The van der Waals surface area contributed by atoms with Crippen LogP contribution in [-0.4, -0.2) is 22.1 Å². The summed E-state index contributed by atoms with van der Waals surface area (Å²) in [5.74, 6) is 1.94. The number of unbranched alkanes of at least 4 members (excludes halogenated alkanes) is 9. The molecule has 190 valence electrons. The van der Waals surface area contributed by atoms with Crippen LogP contribution in [0, 0.1) is 0 Å². The van der Waals surface area contributed by atoms with Crippen LogP contribution in [0.3, 0.4) is 0 Å². The van der Waals surface area contributed by atoms with E-state index in [0.717, 1.165) is 35.2 Å². The first-order valence-corrected chi connectivity index (χ1v) is 14.3. The number of halogens is 1. The molecule has 0 radical (unpaired) electrons. The van der Waals surface area contributed by atoms with E-state index in [1.165, 1.54) is 63.4 Å². The highest BCUT2D eigenvalue weighted by molar-refractivity contribution is 9.09. The van der Waals surface area contributed by atoms with E-state index in [9.17, 15) is 0 Å². The molecule has 0 aliphatic heterocycles. The van der Waals surface area contributed by atoms with E-state index in [-0.39, 0.29) is 5.41 Å². The summed E-state index contributed by atoms with van der Waals surface area (Å²) in [5.41, 5.74) is 3.23. The van der Waals surface area contributed by atoms with Gasteiger partial charge in [0.2, 0.25) is 11.8 Å². The molecule has 1 heterocycles. The Kier molecular flexibility index (Phi) is 11.3. The Balaban J connectivity index is 1.35. The predicted octanol–water partition coefficient (Wildman–Crippen LogP) is 9.38. The predicted molar refractivity (Wildman–Crippen MR) is 149 cm³/mol. The minimum Gasteiger partial charge on any atom is -0.494 e. The summed E-state index contributed by atoms with van der Waals surface area (Å²) < 4.78 is 11.9. The average molecular weight is 542 g/mol. The van der Waals surface area contributed by atoms with Crippen LogP contribution in [0.2, 0.25) is 0 Å². The van der Waals surface area contributed by atoms with Crippen LogP contribution in [-0.2, 0) is 5.41 Å². The molecule has 5 heteroatoms. The standard InChI is InChI=1S/C30H41BrN2O2/c1-30(2,3)26-18-14-24(15-19-26)28-32-33-29(35-28)25-16-20-27(21-17-25)34-23-13-11-9-7-5-4-6-8-10-12-22-31/h14-21H,4-13,22-23H2,1-3H3. The molecule has 3 rings (SSSR count). The SMILES string of the molecule is CC(C)(C)c1ccc(-c2nnc(-c3ccc(OCCCCCCCCCCCCBr)cc3)o2)cc1. The molecule has 35 heavy (non-hydrogen) atoms. The molecule has 0 N–H and O–H groups in total. The minimum atomic E-state index is 0.120. The molecule has 0 aliphatic carbocycles. The van der Waals surface area contributed by atoms with Crippen molar-refractivity contribution in [1.82, 2.24) is 10.2 Å². The van der Waals surface area contributed by atoms with E-state index in [0.29, 0.717) is 11.8 Å². The van der Waals surface area contributed by atoms with Crippen molar-refractivity contribution >= 4 is 15.9 Å². The van der Waals surface area contributed by atoms with E-state index in [4.69, 9.17) is 9.15 Å². The highest BCUT2D eigenvalue weighted by Gasteiger charge is 2.15. The number of alkyl halides is 1. The van der Waals surface area contributed by atoms with Crippen molar-refractivity contribution < 1.29 is 9.15 Å². The Hall–Kier alpha value is -2.14. The number of rotatable bonds is 15. The van der Waals surface area contributed by atoms with Crippen LogP contribution in [0.25, 0.3) is 22.9 Å². The van der Waals surface area contributed by atoms with E-state index in [1.807, 2.05) is 36.4 Å². The van der Waals surface area contributed by atoms with Gasteiger partial charge in [-0.3, -0.25) is 0 Å². The molecule has 0 saturated heterocycles. The largest absolute Gasteiger partial charge is 0.494 e. The van der Waals surface area contributed by atoms with Gasteiger partial charge in [0.15, 0.2) is 0 Å². The second-order valence-corrected chi connectivity index (χ2v) is 11.1. The lowest BCUT2D eigenvalue weighted by Gasteiger charge is -2.18. The number of ether oxygens (including phenoxy) is 1. The zero-order chi connectivity index (χ0) is 24.9. The van der Waals surface area contributed by atoms with E-state index < -0.39 is 0 Å². The smallest absolute Gasteiger partial charge is 0.248 e. The first-order chi connectivity index (χ1) is 17.0. The molecule has 0 amide bonds. The van der Waals surface area contributed by atoms with Gasteiger partial charge in [-0.05, 0) is 60.2 Å². The Morgan fingerprint density at radius 3 is 1.60 bits per heavy atom. The molecule has 0 aliphatic rings. The number of hydrogen-bond donors (Lipinski definition) is 0. The summed E-state index contributed by atoms with van der Waals surface area (Å²) in [7, 11) is 0. The molecule has 0 bridgehead atoms. The van der Waals surface area contributed by atoms with Crippen molar-refractivity contribution in [2.45, 2.75) is 90.4 Å². The van der Waals surface area contributed by atoms with Crippen LogP contribution in [0.1, 0.15) is 90.5 Å². The van der Waals surface area contributed by atoms with Gasteiger partial charge < -0.3 is 9.15 Å². The molecule has 0 saturated carbocycles. The quantitative estimate of drug-likeness (QED) is 0.142. The monoisotopic (exact) mass is 540 g/mol. The lowest BCUT2D eigenvalue weighted by Crippen LogP contribution is -2.10. The van der Waals surface area contributed by atoms with Gasteiger partial charge >= 0.3 is 0 Å². The fourth-order valence-electron chi connectivity index (χ4n) is 4.06. The minimum absolute atomic E-state index is 0.120. The van der Waals surface area contributed by atoms with Crippen molar-refractivity contribution in [1.29, 1.82) is 0 Å². The maximum absolute atomic E-state index is 5.93. The van der Waals surface area contributed by atoms with Gasteiger partial charge in [0, 0.05) is 16.5 Å². The number of nitrogens with zero attached hydrogens (tertiary/aromatic N) is 2. The van der Waals surface area contributed by atoms with Crippen molar-refractivity contribution in [3.05, 3.63) is 54.1 Å². The summed E-state index contributed by atoms with van der Waals surface area (Å²) in [5, 5.41) is 9.63. The lowest BCUT2D eigenvalue weighted by molar-refractivity contribution is 0.304. The van der Waals surface area contributed by atoms with Gasteiger partial charge in [0.05, 0.1) is 6.61 Å². The molecule has 1 aromatic heterocycles. The maximum atomic E-state index is 5.93. The topological polar surface area (TPSA) is 48.2 Å². The van der Waals surface area contributed by atoms with Crippen LogP contribution in [0.15, 0.2) is 52.9 Å². The summed E-state index contributed by atoms with van der Waals surface area (Å²) in [6.45, 7) is 7.38. The second kappa shape index (κ2) is 14.4. The summed E-state index contributed by atoms with van der Waals surface area (Å²) >= 11 is 3.50. The van der Waals surface area contributed by atoms with Crippen LogP contribution in [0.5, 0.6) is 5.75 Å². The average Bonchev–Trinajstić information content (AvgIpc) is 3.35. The highest BCUT2D eigenvalue weighted by Crippen LogP contribution is 2.28. The molecule has 2 aromatic carbocycles. The Labute approximate surface area is 220 Å². The number of benzene rings is 2. The van der Waals surface area contributed by atoms with Gasteiger partial charge in [-0.15, -0.1) is 10.2 Å². The van der Waals surface area contributed by atoms with Crippen LogP contribution < -0.4 is 4.74 Å². The lowest BCUT2D eigenvalue weighted by atomic mass is 9.87. The van der Waals surface area contributed by atoms with Crippen molar-refractivity contribution in [2.24, 2.45) is 0 Å². The maximum Gasteiger partial charge on any atom is 0.248 e. The third-order valence-electron chi connectivity index (χ3n) is 6.32. The summed E-state index contributed by atoms with van der Waals surface area (Å²) in [6, 6.07) is 16.3. The van der Waals surface area contributed by atoms with Gasteiger partial charge in [-0.1, -0.05) is 100 Å². The van der Waals surface area contributed by atoms with Gasteiger partial charge in [-0.2, -0.15) is 0 Å². The molecule has 0 atom stereocenters. The zero-order valence-corrected chi connectivity index (χ0v) is 23.3. The second-order valence-electron chi connectivity index (χ2n) is 10.3. The van der Waals surface area contributed by atoms with Gasteiger partial charge in [0.25, 0.3) is 0 Å². The summed E-state index contributed by atoms with van der Waals surface area (Å²) in [6.07, 6.45) is 13.2. The normalized spacial score (nSPS) is 11.7. The van der Waals surface area contributed by atoms with Crippen LogP contribution >= 0.6 is 15.9 Å². The molecular formula is C30H41BrN2O2. The summed E-state index contributed by atoms with van der Waals surface area (Å²) in [4.78, 5) is 0. The van der Waals surface area contributed by atoms with Gasteiger partial charge in [-0.25, -0.2) is 0 Å². The Morgan fingerprint density at radius 1 is 0.657 bits per heavy atom. The Morgan fingerprint density at radius 2 is 1.11 bits per heavy atom. The van der Waals surface area contributed by atoms with E-state index in [1.54, 1.807) is 0 Å². The number of hydrogen-bond acceptors (Lipinski definition) is 4. The third-order valence-corrected chi connectivity index (χ3v) is 6.88. The zero-order valence-electron chi connectivity index (χ0n) is 21.7. The van der Waals surface area contributed by atoms with Crippen molar-refractivity contribution in [3.63, 3.8) is 0 Å². The third kappa shape index (κ3) is 9.44. The van der Waals surface area contributed by atoms with Gasteiger partial charge in [0.1, 0.15) is 5.75 Å². The fourth-order valence-corrected chi connectivity index (χ4v) is 4.46. The number of aromatic nitrogens is 2. The fraction of sp³-hybridized carbons (Fsp3) is 0.533. The first-order valence-electron chi connectivity index (χ1n) is 13.2. The molecular weight excluding hydrogens is 500 g/mol. The van der Waals surface area contributed by atoms with Crippen molar-refractivity contribution in [2.75, 3.05) is 11.9 Å². The van der Waals surface area contributed by atoms with Crippen molar-refractivity contribution in [3.8, 4) is 28.7 Å². The van der Waals surface area contributed by atoms with E-state index >= 15 is 0 Å². The molecule has 0 fully saturated rings. The molecule has 0 unspecified atom stereocenters. The Bertz CT molecular complexity index is 975. The van der Waals surface area contributed by atoms with Crippen LogP contribution in [0.4, 0.5) is 0 Å². The highest BCUT2D eigenvalue weighted by atomic mass is 79.9. The van der Waals surface area contributed by atoms with E-state index in [2.05, 4.69) is 59.0 Å². The molecule has 0 spiro atoms. The molecule has 4 nitrogen and oxygen atoms in total. The first kappa shape index (κ1) is 27.4.